The molecular formula is C12H9FN4O2S. The topological polar surface area (TPSA) is 77.8 Å². The smallest absolute Gasteiger partial charge is 0.277 e. The average Bonchev–Trinajstić information content (AvgIpc) is 3.06. The molecule has 0 unspecified atom stereocenters. The van der Waals surface area contributed by atoms with Crippen LogP contribution in [0.2, 0.25) is 0 Å². The molecule has 0 atom stereocenters. The first kappa shape index (κ1) is 12.8. The fourth-order valence-corrected chi connectivity index (χ4v) is 2.13. The molecule has 0 bridgehead atoms. The minimum absolute atomic E-state index is 0.146. The van der Waals surface area contributed by atoms with Gasteiger partial charge in [0.1, 0.15) is 5.82 Å². The second kappa shape index (κ2) is 5.41. The molecule has 0 aliphatic rings. The van der Waals surface area contributed by atoms with Crippen LogP contribution >= 0.6 is 11.8 Å². The number of benzene rings is 1. The van der Waals surface area contributed by atoms with Gasteiger partial charge in [0.05, 0.1) is 11.3 Å². The van der Waals surface area contributed by atoms with Crippen LogP contribution in [0.4, 0.5) is 4.39 Å². The highest BCUT2D eigenvalue weighted by atomic mass is 32.2. The Morgan fingerprint density at radius 2 is 1.95 bits per heavy atom. The number of rotatable bonds is 4. The van der Waals surface area contributed by atoms with Crippen LogP contribution in [-0.4, -0.2) is 20.4 Å². The maximum atomic E-state index is 13.6. The Labute approximate surface area is 117 Å². The van der Waals surface area contributed by atoms with Crippen LogP contribution in [0.15, 0.2) is 38.3 Å². The number of aromatic nitrogens is 4. The fraction of sp³-hybridized carbons (Fsp3) is 0.167. The lowest BCUT2D eigenvalue weighted by atomic mass is 10.2. The highest BCUT2D eigenvalue weighted by Gasteiger charge is 2.13. The minimum Gasteiger partial charge on any atom is -0.425 e. The maximum absolute atomic E-state index is 13.6. The molecule has 102 valence electrons. The van der Waals surface area contributed by atoms with Gasteiger partial charge in [0.15, 0.2) is 0 Å². The molecule has 0 fully saturated rings. The van der Waals surface area contributed by atoms with Crippen LogP contribution in [0, 0.1) is 12.7 Å². The van der Waals surface area contributed by atoms with Gasteiger partial charge in [-0.3, -0.25) is 0 Å². The van der Waals surface area contributed by atoms with Crippen LogP contribution in [-0.2, 0) is 5.75 Å². The number of nitrogens with zero attached hydrogens (tertiary/aromatic N) is 4. The molecule has 0 N–H and O–H groups in total. The standard InChI is InChI=1S/C12H9FN4O2S/c1-7-14-15-10(18-7)6-20-12-17-16-11(19-12)8-4-2-3-5-9(8)13/h2-5H,6H2,1H3. The van der Waals surface area contributed by atoms with Crippen LogP contribution in [0.3, 0.4) is 0 Å². The summed E-state index contributed by atoms with van der Waals surface area (Å²) in [6, 6.07) is 6.23. The van der Waals surface area contributed by atoms with E-state index in [2.05, 4.69) is 20.4 Å². The first-order chi connectivity index (χ1) is 9.72. The normalized spacial score (nSPS) is 10.9. The second-order valence-electron chi connectivity index (χ2n) is 3.86. The monoisotopic (exact) mass is 292 g/mol. The molecular weight excluding hydrogens is 283 g/mol. The van der Waals surface area contributed by atoms with Gasteiger partial charge in [0.2, 0.25) is 11.8 Å². The largest absolute Gasteiger partial charge is 0.425 e. The minimum atomic E-state index is -0.403. The van der Waals surface area contributed by atoms with E-state index in [1.54, 1.807) is 25.1 Å². The molecule has 0 aliphatic heterocycles. The van der Waals surface area contributed by atoms with Gasteiger partial charge >= 0.3 is 0 Å². The Morgan fingerprint density at radius 1 is 1.10 bits per heavy atom. The Hall–Kier alpha value is -2.22. The summed E-state index contributed by atoms with van der Waals surface area (Å²) in [6.07, 6.45) is 0. The summed E-state index contributed by atoms with van der Waals surface area (Å²) < 4.78 is 24.2. The predicted octanol–water partition coefficient (Wildman–Crippen LogP) is 2.86. The van der Waals surface area contributed by atoms with Gasteiger partial charge in [0.25, 0.3) is 11.1 Å². The van der Waals surface area contributed by atoms with Gasteiger partial charge in [-0.1, -0.05) is 23.9 Å². The lowest BCUT2D eigenvalue weighted by Gasteiger charge is -1.95. The molecule has 0 amide bonds. The summed E-state index contributed by atoms with van der Waals surface area (Å²) in [4.78, 5) is 0. The Bertz CT molecular complexity index is 728. The second-order valence-corrected chi connectivity index (χ2v) is 4.78. The van der Waals surface area contributed by atoms with Crippen molar-refractivity contribution < 1.29 is 13.2 Å². The molecule has 0 radical (unpaired) electrons. The van der Waals surface area contributed by atoms with Crippen molar-refractivity contribution in [2.75, 3.05) is 0 Å². The van der Waals surface area contributed by atoms with Gasteiger partial charge in [-0.25, -0.2) is 4.39 Å². The van der Waals surface area contributed by atoms with Gasteiger partial charge in [-0.05, 0) is 12.1 Å². The quantitative estimate of drug-likeness (QED) is 0.684. The molecule has 20 heavy (non-hydrogen) atoms. The van der Waals surface area contributed by atoms with Crippen molar-refractivity contribution >= 4 is 11.8 Å². The van der Waals surface area contributed by atoms with E-state index in [0.29, 0.717) is 22.8 Å². The third-order valence-corrected chi connectivity index (χ3v) is 3.20. The van der Waals surface area contributed by atoms with E-state index in [-0.39, 0.29) is 11.5 Å². The van der Waals surface area contributed by atoms with Crippen molar-refractivity contribution in [3.63, 3.8) is 0 Å². The molecule has 6 nitrogen and oxygen atoms in total. The Kier molecular flexibility index (Phi) is 3.46. The molecule has 0 aliphatic carbocycles. The van der Waals surface area contributed by atoms with Gasteiger partial charge in [-0.2, -0.15) is 0 Å². The van der Waals surface area contributed by atoms with Crippen molar-refractivity contribution in [2.24, 2.45) is 0 Å². The number of thioether (sulfide) groups is 1. The van der Waals surface area contributed by atoms with E-state index in [4.69, 9.17) is 8.83 Å². The first-order valence-corrected chi connectivity index (χ1v) is 6.71. The molecule has 3 aromatic rings. The van der Waals surface area contributed by atoms with Crippen molar-refractivity contribution in [2.45, 2.75) is 17.9 Å². The van der Waals surface area contributed by atoms with Crippen LogP contribution in [0.1, 0.15) is 11.8 Å². The van der Waals surface area contributed by atoms with Gasteiger partial charge in [-0.15, -0.1) is 20.4 Å². The lowest BCUT2D eigenvalue weighted by molar-refractivity contribution is 0.459. The molecule has 2 aromatic heterocycles. The number of hydrogen-bond donors (Lipinski definition) is 0. The molecule has 1 aromatic carbocycles. The Balaban J connectivity index is 1.72. The highest BCUT2D eigenvalue weighted by molar-refractivity contribution is 7.98. The summed E-state index contributed by atoms with van der Waals surface area (Å²) in [6.45, 7) is 1.71. The number of aryl methyl sites for hydroxylation is 1. The molecule has 3 rings (SSSR count). The number of halogens is 1. The Morgan fingerprint density at radius 3 is 2.70 bits per heavy atom. The zero-order valence-electron chi connectivity index (χ0n) is 10.4. The van der Waals surface area contributed by atoms with Crippen LogP contribution < -0.4 is 0 Å². The van der Waals surface area contributed by atoms with Crippen LogP contribution in [0.5, 0.6) is 0 Å². The summed E-state index contributed by atoms with van der Waals surface area (Å²) in [5, 5.41) is 15.6. The van der Waals surface area contributed by atoms with E-state index in [9.17, 15) is 4.39 Å². The maximum Gasteiger partial charge on any atom is 0.277 e. The summed E-state index contributed by atoms with van der Waals surface area (Å²) in [7, 11) is 0. The third-order valence-electron chi connectivity index (χ3n) is 2.40. The zero-order valence-corrected chi connectivity index (χ0v) is 11.2. The predicted molar refractivity (Wildman–Crippen MR) is 68.3 cm³/mol. The van der Waals surface area contributed by atoms with E-state index in [0.717, 1.165) is 0 Å². The highest BCUT2D eigenvalue weighted by Crippen LogP contribution is 2.26. The van der Waals surface area contributed by atoms with Crippen molar-refractivity contribution in [1.82, 2.24) is 20.4 Å². The fourth-order valence-electron chi connectivity index (χ4n) is 1.53. The molecule has 0 spiro atoms. The van der Waals surface area contributed by atoms with Crippen LogP contribution in [0.25, 0.3) is 11.5 Å². The van der Waals surface area contributed by atoms with E-state index in [1.807, 2.05) is 0 Å². The molecule has 0 saturated carbocycles. The first-order valence-electron chi connectivity index (χ1n) is 5.72. The zero-order chi connectivity index (χ0) is 13.9. The third kappa shape index (κ3) is 2.69. The molecule has 0 saturated heterocycles. The summed E-state index contributed by atoms with van der Waals surface area (Å²) >= 11 is 1.25. The van der Waals surface area contributed by atoms with Crippen molar-refractivity contribution in [3.05, 3.63) is 41.9 Å². The van der Waals surface area contributed by atoms with Crippen molar-refractivity contribution in [1.29, 1.82) is 0 Å². The SMILES string of the molecule is Cc1nnc(CSc2nnc(-c3ccccc3F)o2)o1. The van der Waals surface area contributed by atoms with Gasteiger partial charge < -0.3 is 8.83 Å². The van der Waals surface area contributed by atoms with Crippen molar-refractivity contribution in [3.8, 4) is 11.5 Å². The molecule has 2 heterocycles. The number of hydrogen-bond acceptors (Lipinski definition) is 7. The summed E-state index contributed by atoms with van der Waals surface area (Å²) in [5.41, 5.74) is 0.278. The van der Waals surface area contributed by atoms with E-state index in [1.165, 1.54) is 17.8 Å². The van der Waals surface area contributed by atoms with E-state index >= 15 is 0 Å². The summed E-state index contributed by atoms with van der Waals surface area (Å²) in [5.74, 6) is 1.13. The average molecular weight is 292 g/mol. The lowest BCUT2D eigenvalue weighted by Crippen LogP contribution is -1.82. The molecule has 8 heteroatoms. The van der Waals surface area contributed by atoms with Gasteiger partial charge in [0, 0.05) is 6.92 Å². The van der Waals surface area contributed by atoms with E-state index < -0.39 is 5.82 Å².